The van der Waals surface area contributed by atoms with Crippen LogP contribution in [0.25, 0.3) is 0 Å². The molecule has 0 heterocycles. The van der Waals surface area contributed by atoms with Crippen molar-refractivity contribution >= 4 is 0 Å². The van der Waals surface area contributed by atoms with Crippen LogP contribution < -0.4 is 5.73 Å². The molecule has 0 aromatic rings. The zero-order valence-corrected chi connectivity index (χ0v) is 5.28. The van der Waals surface area contributed by atoms with Gasteiger partial charge >= 0.3 is 0 Å². The first-order valence-electron chi connectivity index (χ1n) is 4.97. The molecular formula is C6H21N. The topological polar surface area (TPSA) is 26.0 Å². The van der Waals surface area contributed by atoms with E-state index in [4.69, 9.17) is 11.7 Å². The van der Waals surface area contributed by atoms with Gasteiger partial charge in [-0.25, -0.2) is 0 Å². The maximum absolute atomic E-state index is 5.28. The van der Waals surface area contributed by atoms with Crippen LogP contribution >= 0.6 is 0 Å². The molecule has 0 aliphatic heterocycles. The first-order chi connectivity index (χ1) is 5.27. The minimum Gasteiger partial charge on any atom is -0.330 e. The van der Waals surface area contributed by atoms with Crippen LogP contribution in [0.1, 0.15) is 34.1 Å². The molecule has 0 aromatic carbocycles. The lowest BCUT2D eigenvalue weighted by atomic mass is 10.1. The van der Waals surface area contributed by atoms with Crippen LogP contribution in [0.5, 0.6) is 0 Å². The van der Waals surface area contributed by atoms with Crippen molar-refractivity contribution in [1.82, 2.24) is 0 Å². The Morgan fingerprint density at radius 3 is 2.43 bits per heavy atom. The number of rotatable bonds is 3. The van der Waals surface area contributed by atoms with E-state index in [2.05, 4.69) is 13.8 Å². The highest BCUT2D eigenvalue weighted by molar-refractivity contribution is 4.44. The normalized spacial score (nSPS) is 12.6. The third-order valence-corrected chi connectivity index (χ3v) is 0.986. The molecule has 0 amide bonds. The molecule has 0 fully saturated rings. The third kappa shape index (κ3) is 5.96. The van der Waals surface area contributed by atoms with E-state index in [1.54, 1.807) is 0 Å². The number of hydrogen-bond donors (Lipinski definition) is 1. The van der Waals surface area contributed by atoms with E-state index in [-0.39, 0.29) is 1.43 Å². The van der Waals surface area contributed by atoms with Gasteiger partial charge in [0.25, 0.3) is 0 Å². The minimum atomic E-state index is 0. The van der Waals surface area contributed by atoms with E-state index >= 15 is 0 Å². The first-order valence-corrected chi connectivity index (χ1v) is 2.97. The molecule has 0 atom stereocenters. The molecule has 1 nitrogen and oxygen atoms in total. The second-order valence-electron chi connectivity index (χ2n) is 2.32. The van der Waals surface area contributed by atoms with E-state index in [1.165, 1.54) is 12.8 Å². The van der Waals surface area contributed by atoms with Gasteiger partial charge in [-0.3, -0.25) is 0 Å². The van der Waals surface area contributed by atoms with Gasteiger partial charge in [0.05, 0.1) is 0 Å². The summed E-state index contributed by atoms with van der Waals surface area (Å²) < 4.78 is 20.0. The largest absolute Gasteiger partial charge is 0.330 e. The Kier molecular flexibility index (Phi) is 2.30. The Bertz CT molecular complexity index is 44.9. The molecule has 0 bridgehead atoms. The minimum absolute atomic E-state index is 0. The van der Waals surface area contributed by atoms with Gasteiger partial charge in [0.15, 0.2) is 0 Å². The molecule has 0 aromatic heterocycles. The second kappa shape index (κ2) is 4.13. The molecule has 0 radical (unpaired) electrons. The van der Waals surface area contributed by atoms with Crippen LogP contribution in [0.4, 0.5) is 0 Å². The molecule has 50 valence electrons. The summed E-state index contributed by atoms with van der Waals surface area (Å²) in [7, 11) is 0. The van der Waals surface area contributed by atoms with E-state index in [1.807, 2.05) is 0 Å². The van der Waals surface area contributed by atoms with Crippen LogP contribution in [-0.4, -0.2) is 6.54 Å². The summed E-state index contributed by atoms with van der Waals surface area (Å²) in [4.78, 5) is 0. The predicted octanol–water partition coefficient (Wildman–Crippen LogP) is 2.12. The van der Waals surface area contributed by atoms with Gasteiger partial charge in [-0.15, -0.1) is 0 Å². The van der Waals surface area contributed by atoms with Crippen molar-refractivity contribution in [3.8, 4) is 0 Å². The van der Waals surface area contributed by atoms with E-state index < -0.39 is 0 Å². The zero-order valence-electron chi connectivity index (χ0n) is 9.28. The van der Waals surface area contributed by atoms with Gasteiger partial charge in [-0.05, 0) is 25.3 Å². The summed E-state index contributed by atoms with van der Waals surface area (Å²) in [6.45, 7) is 5.28. The summed E-state index contributed by atoms with van der Waals surface area (Å²) in [6.07, 6.45) is 2.45. The fourth-order valence-electron chi connectivity index (χ4n) is 0.526. The second-order valence-corrected chi connectivity index (χ2v) is 2.32. The predicted molar refractivity (Wildman–Crippen MR) is 39.5 cm³/mol. The molecule has 0 saturated heterocycles. The fourth-order valence-corrected chi connectivity index (χ4v) is 0.526. The van der Waals surface area contributed by atoms with Crippen LogP contribution in [0.15, 0.2) is 0 Å². The first kappa shape index (κ1) is 3.90. The molecular weight excluding hydrogens is 86.1 g/mol. The van der Waals surface area contributed by atoms with Crippen molar-refractivity contribution < 1.29 is 7.37 Å². The van der Waals surface area contributed by atoms with Gasteiger partial charge in [0, 0.05) is 7.37 Å². The quantitative estimate of drug-likeness (QED) is 0.594. The Morgan fingerprint density at radius 1 is 1.71 bits per heavy atom. The number of hydrogen-bond acceptors (Lipinski definition) is 1. The van der Waals surface area contributed by atoms with E-state index in [0.717, 1.165) is 12.5 Å². The van der Waals surface area contributed by atoms with Gasteiger partial charge in [0.1, 0.15) is 0 Å². The summed E-state index contributed by atoms with van der Waals surface area (Å²) in [5, 5.41) is 0. The summed E-state index contributed by atoms with van der Waals surface area (Å²) in [5.74, 6) is 0.823. The maximum Gasteiger partial charge on any atom is 0 e. The summed E-state index contributed by atoms with van der Waals surface area (Å²) in [5.41, 5.74) is 5.28. The molecule has 7 heavy (non-hydrogen) atoms. The molecule has 0 spiro atoms. The highest BCUT2D eigenvalue weighted by Gasteiger charge is 1.88. The lowest BCUT2D eigenvalue weighted by Crippen LogP contribution is -1.99. The Morgan fingerprint density at radius 2 is 2.29 bits per heavy atom. The van der Waals surface area contributed by atoms with Crippen molar-refractivity contribution in [2.75, 3.05) is 6.54 Å². The SMILES string of the molecule is CC(C)CCCN.[2HH].[2H][2H].[2H][2H]. The van der Waals surface area contributed by atoms with Crippen molar-refractivity contribution in [1.29, 1.82) is 0 Å². The third-order valence-electron chi connectivity index (χ3n) is 0.986. The standard InChI is InChI=1S/C6H15N.3H2/c1-6(2)4-3-5-7;;;/h6H,3-5,7H2,1-2H3;3*1H/i;2*1+1D;1+1. The fraction of sp³-hybridized carbons (Fsp3) is 1.00. The Balaban J connectivity index is -0.0000000560. The number of nitrogens with two attached hydrogens (primary N) is 1. The molecule has 0 rings (SSSR count). The highest BCUT2D eigenvalue weighted by atomic mass is 14.5. The van der Waals surface area contributed by atoms with Crippen LogP contribution in [0.2, 0.25) is 0 Å². The average Bonchev–Trinajstić information content (AvgIpc) is 2.08. The lowest BCUT2D eigenvalue weighted by Gasteiger charge is -1.98. The highest BCUT2D eigenvalue weighted by Crippen LogP contribution is 2.00. The lowest BCUT2D eigenvalue weighted by molar-refractivity contribution is 0.561. The summed E-state index contributed by atoms with van der Waals surface area (Å²) >= 11 is 0. The van der Waals surface area contributed by atoms with Gasteiger partial charge < -0.3 is 5.73 Å². The van der Waals surface area contributed by atoms with Crippen molar-refractivity contribution in [2.45, 2.75) is 26.7 Å². The molecule has 0 saturated carbocycles. The van der Waals surface area contributed by atoms with Crippen molar-refractivity contribution in [3.63, 3.8) is 0 Å². The van der Waals surface area contributed by atoms with E-state index in [9.17, 15) is 0 Å². The maximum atomic E-state index is 5.28. The average molecular weight is 112 g/mol. The zero-order chi connectivity index (χ0) is 9.70. The van der Waals surface area contributed by atoms with Crippen LogP contribution in [-0.2, 0) is 0 Å². The van der Waals surface area contributed by atoms with Gasteiger partial charge in [-0.2, -0.15) is 0 Å². The molecule has 0 aliphatic carbocycles. The van der Waals surface area contributed by atoms with Crippen LogP contribution in [0, 0.1) is 5.92 Å². The molecule has 0 unspecified atom stereocenters. The van der Waals surface area contributed by atoms with Crippen LogP contribution in [0.3, 0.4) is 0 Å². The van der Waals surface area contributed by atoms with E-state index in [0.29, 0.717) is 0 Å². The smallest absolute Gasteiger partial charge is 0 e. The Hall–Kier alpha value is -0.0400. The Labute approximate surface area is 53.6 Å². The van der Waals surface area contributed by atoms with Gasteiger partial charge in [-0.1, -0.05) is 13.8 Å². The monoisotopic (exact) mass is 112 g/mol. The molecule has 2 N–H and O–H groups in total. The van der Waals surface area contributed by atoms with Gasteiger partial charge in [0.2, 0.25) is 0 Å². The molecule has 1 heteroatoms. The molecule has 0 aliphatic rings. The van der Waals surface area contributed by atoms with Crippen molar-refractivity contribution in [3.05, 3.63) is 0 Å². The van der Waals surface area contributed by atoms with Crippen molar-refractivity contribution in [2.24, 2.45) is 11.7 Å². The summed E-state index contributed by atoms with van der Waals surface area (Å²) in [6, 6.07) is 0.